The van der Waals surface area contributed by atoms with Crippen molar-refractivity contribution in [3.63, 3.8) is 0 Å². The highest BCUT2D eigenvalue weighted by molar-refractivity contribution is 6.32. The van der Waals surface area contributed by atoms with Crippen molar-refractivity contribution in [2.45, 2.75) is 0 Å². The molecular weight excluding hydrogens is 242 g/mol. The van der Waals surface area contributed by atoms with Gasteiger partial charge < -0.3 is 9.47 Å². The number of aldehydes is 1. The van der Waals surface area contributed by atoms with E-state index in [1.54, 1.807) is 32.4 Å². The number of hydrogen-bond donors (Lipinski definition) is 0. The predicted octanol–water partition coefficient (Wildman–Crippen LogP) is 2.72. The van der Waals surface area contributed by atoms with Crippen LogP contribution in [0.4, 0.5) is 0 Å². The van der Waals surface area contributed by atoms with E-state index in [1.165, 1.54) is 0 Å². The summed E-state index contributed by atoms with van der Waals surface area (Å²) in [5.74, 6) is 1.20. The van der Waals surface area contributed by atoms with E-state index in [0.717, 1.165) is 0 Å². The zero-order valence-electron chi connectivity index (χ0n) is 9.36. The van der Waals surface area contributed by atoms with E-state index in [2.05, 4.69) is 4.98 Å². The molecule has 0 aliphatic carbocycles. The van der Waals surface area contributed by atoms with Crippen LogP contribution in [0.1, 0.15) is 10.4 Å². The lowest BCUT2D eigenvalue weighted by Gasteiger charge is -2.09. The average Bonchev–Trinajstić information content (AvgIpc) is 2.36. The molecule has 0 fully saturated rings. The quantitative estimate of drug-likeness (QED) is 0.622. The van der Waals surface area contributed by atoms with Crippen molar-refractivity contribution in [2.24, 2.45) is 0 Å². The van der Waals surface area contributed by atoms with Gasteiger partial charge in [0.2, 0.25) is 0 Å². The third kappa shape index (κ3) is 1.91. The summed E-state index contributed by atoms with van der Waals surface area (Å²) in [7, 11) is 3.10. The lowest BCUT2D eigenvalue weighted by Crippen LogP contribution is -1.94. The first-order chi connectivity index (χ1) is 8.21. The number of pyridine rings is 1. The van der Waals surface area contributed by atoms with E-state index in [9.17, 15) is 4.79 Å². The van der Waals surface area contributed by atoms with Crippen LogP contribution in [-0.2, 0) is 0 Å². The van der Waals surface area contributed by atoms with Crippen molar-refractivity contribution in [1.82, 2.24) is 4.98 Å². The number of halogens is 1. The molecule has 0 N–H and O–H groups in total. The van der Waals surface area contributed by atoms with Crippen LogP contribution in [0.15, 0.2) is 18.2 Å². The Bertz CT molecular complexity index is 583. The lowest BCUT2D eigenvalue weighted by atomic mass is 10.1. The Labute approximate surface area is 103 Å². The highest BCUT2D eigenvalue weighted by Gasteiger charge is 2.12. The molecule has 0 aliphatic heterocycles. The molecule has 0 radical (unpaired) electrons. The number of ether oxygens (including phenoxy) is 2. The summed E-state index contributed by atoms with van der Waals surface area (Å²) in [6.45, 7) is 0. The lowest BCUT2D eigenvalue weighted by molar-refractivity contribution is 0.112. The van der Waals surface area contributed by atoms with Crippen molar-refractivity contribution >= 4 is 28.8 Å². The number of nitrogens with zero attached hydrogens (tertiary/aromatic N) is 1. The van der Waals surface area contributed by atoms with Crippen molar-refractivity contribution in [1.29, 1.82) is 0 Å². The molecule has 4 nitrogen and oxygen atoms in total. The van der Waals surface area contributed by atoms with Gasteiger partial charge in [0.15, 0.2) is 6.29 Å². The minimum Gasteiger partial charge on any atom is -0.496 e. The molecule has 88 valence electrons. The summed E-state index contributed by atoms with van der Waals surface area (Å²) >= 11 is 5.89. The van der Waals surface area contributed by atoms with Gasteiger partial charge in [0.25, 0.3) is 0 Å². The van der Waals surface area contributed by atoms with Gasteiger partial charge in [-0.3, -0.25) is 4.79 Å². The number of carbonyl (C=O) groups is 1. The van der Waals surface area contributed by atoms with Gasteiger partial charge in [0.1, 0.15) is 22.2 Å². The molecular formula is C12H10ClNO3. The SMILES string of the molecule is COc1ccc(OC)c2nc(Cl)c(C=O)cc12. The van der Waals surface area contributed by atoms with E-state index < -0.39 is 0 Å². The molecule has 0 spiro atoms. The van der Waals surface area contributed by atoms with E-state index in [0.29, 0.717) is 34.3 Å². The summed E-state index contributed by atoms with van der Waals surface area (Å²) in [6.07, 6.45) is 0.660. The van der Waals surface area contributed by atoms with E-state index in [-0.39, 0.29) is 5.15 Å². The number of carbonyl (C=O) groups excluding carboxylic acids is 1. The maximum absolute atomic E-state index is 10.8. The molecule has 0 saturated heterocycles. The molecule has 2 aromatic rings. The highest BCUT2D eigenvalue weighted by Crippen LogP contribution is 2.33. The Morgan fingerprint density at radius 2 is 1.88 bits per heavy atom. The van der Waals surface area contributed by atoms with Crippen LogP contribution in [0.5, 0.6) is 11.5 Å². The Balaban J connectivity index is 2.86. The second-order valence-corrected chi connectivity index (χ2v) is 3.71. The monoisotopic (exact) mass is 251 g/mol. The predicted molar refractivity (Wildman–Crippen MR) is 65.2 cm³/mol. The molecule has 1 heterocycles. The molecule has 1 aromatic heterocycles. The van der Waals surface area contributed by atoms with E-state index >= 15 is 0 Å². The Kier molecular flexibility index (Phi) is 3.15. The summed E-state index contributed by atoms with van der Waals surface area (Å²) in [5, 5.41) is 0.845. The van der Waals surface area contributed by atoms with Gasteiger partial charge in [-0.2, -0.15) is 0 Å². The summed E-state index contributed by atoms with van der Waals surface area (Å²) < 4.78 is 10.4. The third-order valence-electron chi connectivity index (χ3n) is 2.45. The van der Waals surface area contributed by atoms with Crippen LogP contribution in [0, 0.1) is 0 Å². The summed E-state index contributed by atoms with van der Waals surface area (Å²) in [6, 6.07) is 5.13. The number of rotatable bonds is 3. The summed E-state index contributed by atoms with van der Waals surface area (Å²) in [5.41, 5.74) is 0.896. The number of hydrogen-bond acceptors (Lipinski definition) is 4. The topological polar surface area (TPSA) is 48.4 Å². The Hall–Kier alpha value is -1.81. The molecule has 0 bridgehead atoms. The number of aromatic nitrogens is 1. The zero-order valence-corrected chi connectivity index (χ0v) is 10.1. The molecule has 0 aliphatic rings. The molecule has 0 amide bonds. The normalized spacial score (nSPS) is 10.3. The standard InChI is InChI=1S/C12H10ClNO3/c1-16-9-3-4-10(17-2)11-8(9)5-7(6-15)12(13)14-11/h3-6H,1-2H3. The minimum atomic E-state index is 0.152. The summed E-state index contributed by atoms with van der Waals surface area (Å²) in [4.78, 5) is 15.0. The van der Waals surface area contributed by atoms with Gasteiger partial charge in [-0.15, -0.1) is 0 Å². The minimum absolute atomic E-state index is 0.152. The second kappa shape index (κ2) is 4.59. The molecule has 0 saturated carbocycles. The van der Waals surface area contributed by atoms with E-state index in [1.807, 2.05) is 0 Å². The first-order valence-electron chi connectivity index (χ1n) is 4.87. The van der Waals surface area contributed by atoms with Crippen LogP contribution in [0.25, 0.3) is 10.9 Å². The maximum atomic E-state index is 10.8. The van der Waals surface area contributed by atoms with Crippen molar-refractivity contribution in [3.8, 4) is 11.5 Å². The van der Waals surface area contributed by atoms with Gasteiger partial charge in [0, 0.05) is 5.39 Å². The van der Waals surface area contributed by atoms with Gasteiger partial charge in [-0.05, 0) is 18.2 Å². The van der Waals surface area contributed by atoms with Crippen molar-refractivity contribution < 1.29 is 14.3 Å². The number of fused-ring (bicyclic) bond motifs is 1. The van der Waals surface area contributed by atoms with Gasteiger partial charge >= 0.3 is 0 Å². The molecule has 1 aromatic carbocycles. The van der Waals surface area contributed by atoms with Crippen molar-refractivity contribution in [3.05, 3.63) is 28.9 Å². The first kappa shape index (κ1) is 11.7. The van der Waals surface area contributed by atoms with E-state index in [4.69, 9.17) is 21.1 Å². The average molecular weight is 252 g/mol. The zero-order chi connectivity index (χ0) is 12.4. The van der Waals surface area contributed by atoms with Crippen molar-refractivity contribution in [2.75, 3.05) is 14.2 Å². The van der Waals surface area contributed by atoms with Crippen LogP contribution in [0.3, 0.4) is 0 Å². The second-order valence-electron chi connectivity index (χ2n) is 3.35. The fourth-order valence-corrected chi connectivity index (χ4v) is 1.81. The smallest absolute Gasteiger partial charge is 0.153 e. The third-order valence-corrected chi connectivity index (χ3v) is 2.76. The van der Waals surface area contributed by atoms with Gasteiger partial charge in [0.05, 0.1) is 19.8 Å². The number of benzene rings is 1. The first-order valence-corrected chi connectivity index (χ1v) is 5.25. The maximum Gasteiger partial charge on any atom is 0.153 e. The fraction of sp³-hybridized carbons (Fsp3) is 0.167. The van der Waals surface area contributed by atoms with Gasteiger partial charge in [-0.1, -0.05) is 11.6 Å². The molecule has 0 atom stereocenters. The van der Waals surface area contributed by atoms with Crippen LogP contribution < -0.4 is 9.47 Å². The molecule has 5 heteroatoms. The largest absolute Gasteiger partial charge is 0.496 e. The highest BCUT2D eigenvalue weighted by atomic mass is 35.5. The molecule has 2 rings (SSSR count). The Morgan fingerprint density at radius 1 is 1.24 bits per heavy atom. The van der Waals surface area contributed by atoms with Crippen LogP contribution in [-0.4, -0.2) is 25.5 Å². The molecule has 0 unspecified atom stereocenters. The van der Waals surface area contributed by atoms with Crippen LogP contribution >= 0.6 is 11.6 Å². The van der Waals surface area contributed by atoms with Gasteiger partial charge in [-0.25, -0.2) is 4.98 Å². The fourth-order valence-electron chi connectivity index (χ4n) is 1.63. The molecule has 17 heavy (non-hydrogen) atoms. The Morgan fingerprint density at radius 3 is 2.47 bits per heavy atom. The van der Waals surface area contributed by atoms with Crippen LogP contribution in [0.2, 0.25) is 5.15 Å². The number of methoxy groups -OCH3 is 2.